The molecule has 3 rings (SSSR count). The minimum atomic E-state index is -0.143. The van der Waals surface area contributed by atoms with E-state index in [1.54, 1.807) is 5.38 Å². The van der Waals surface area contributed by atoms with Gasteiger partial charge in [0.2, 0.25) is 0 Å². The Kier molecular flexibility index (Phi) is 4.82. The number of nitrogens with one attached hydrogen (secondary N) is 1. The molecule has 6 heteroatoms. The predicted molar refractivity (Wildman–Crippen MR) is 85.9 cm³/mol. The van der Waals surface area contributed by atoms with Crippen molar-refractivity contribution in [2.75, 3.05) is 13.2 Å². The van der Waals surface area contributed by atoms with Crippen molar-refractivity contribution in [3.8, 4) is 0 Å². The van der Waals surface area contributed by atoms with Crippen LogP contribution in [0.25, 0.3) is 0 Å². The van der Waals surface area contributed by atoms with Gasteiger partial charge in [-0.3, -0.25) is 4.79 Å². The number of hydrogen-bond acceptors (Lipinski definition) is 5. The van der Waals surface area contributed by atoms with Crippen molar-refractivity contribution in [1.29, 1.82) is 0 Å². The van der Waals surface area contributed by atoms with Crippen molar-refractivity contribution < 1.29 is 9.53 Å². The molecule has 0 aliphatic carbocycles. The number of thiazole rings is 1. The van der Waals surface area contributed by atoms with E-state index in [0.717, 1.165) is 17.0 Å². The van der Waals surface area contributed by atoms with Crippen molar-refractivity contribution >= 4 is 17.2 Å². The highest BCUT2D eigenvalue weighted by molar-refractivity contribution is 7.09. The lowest BCUT2D eigenvalue weighted by molar-refractivity contribution is 0.0818. The first kappa shape index (κ1) is 15.1. The maximum atomic E-state index is 12.3. The summed E-state index contributed by atoms with van der Waals surface area (Å²) in [5, 5.41) is 5.73. The van der Waals surface area contributed by atoms with Gasteiger partial charge in [-0.05, 0) is 18.5 Å². The fraction of sp³-hybridized carbons (Fsp3) is 0.375. The van der Waals surface area contributed by atoms with Crippen LogP contribution >= 0.6 is 11.3 Å². The molecule has 2 heterocycles. The molecule has 116 valence electrons. The zero-order valence-corrected chi connectivity index (χ0v) is 13.0. The molecule has 3 N–H and O–H groups in total. The molecule has 2 unspecified atom stereocenters. The number of ether oxygens (including phenoxy) is 1. The summed E-state index contributed by atoms with van der Waals surface area (Å²) < 4.78 is 5.78. The number of benzene rings is 1. The summed E-state index contributed by atoms with van der Waals surface area (Å²) in [4.78, 5) is 16.7. The highest BCUT2D eigenvalue weighted by Crippen LogP contribution is 2.29. The average molecular weight is 317 g/mol. The zero-order chi connectivity index (χ0) is 15.4. The van der Waals surface area contributed by atoms with E-state index in [9.17, 15) is 4.79 Å². The molecule has 0 saturated carbocycles. The number of nitrogens with two attached hydrogens (primary N) is 1. The van der Waals surface area contributed by atoms with Crippen molar-refractivity contribution in [3.05, 3.63) is 52.0 Å². The van der Waals surface area contributed by atoms with Crippen LogP contribution < -0.4 is 11.1 Å². The molecule has 1 saturated heterocycles. The van der Waals surface area contributed by atoms with E-state index in [2.05, 4.69) is 10.3 Å². The van der Waals surface area contributed by atoms with E-state index in [-0.39, 0.29) is 18.1 Å². The first-order chi connectivity index (χ1) is 10.8. The van der Waals surface area contributed by atoms with E-state index in [0.29, 0.717) is 25.3 Å². The largest absolute Gasteiger partial charge is 0.371 e. The lowest BCUT2D eigenvalue weighted by atomic mass is 10.0. The van der Waals surface area contributed by atoms with E-state index in [1.807, 2.05) is 30.3 Å². The third-order valence-corrected chi connectivity index (χ3v) is 4.59. The van der Waals surface area contributed by atoms with Gasteiger partial charge in [-0.2, -0.15) is 0 Å². The van der Waals surface area contributed by atoms with Gasteiger partial charge in [0.1, 0.15) is 11.8 Å². The fourth-order valence-corrected chi connectivity index (χ4v) is 3.40. The summed E-state index contributed by atoms with van der Waals surface area (Å²) in [7, 11) is 0. The maximum Gasteiger partial charge on any atom is 0.271 e. The van der Waals surface area contributed by atoms with E-state index in [1.165, 1.54) is 11.3 Å². The Balaban J connectivity index is 1.67. The highest BCUT2D eigenvalue weighted by atomic mass is 32.1. The molecule has 2 atom stereocenters. The lowest BCUT2D eigenvalue weighted by Gasteiger charge is -2.19. The van der Waals surface area contributed by atoms with Gasteiger partial charge in [-0.15, -0.1) is 11.3 Å². The monoisotopic (exact) mass is 317 g/mol. The van der Waals surface area contributed by atoms with Crippen LogP contribution in [0.4, 0.5) is 0 Å². The second-order valence-corrected chi connectivity index (χ2v) is 6.18. The Morgan fingerprint density at radius 1 is 1.41 bits per heavy atom. The van der Waals surface area contributed by atoms with Crippen LogP contribution in [0.5, 0.6) is 0 Å². The van der Waals surface area contributed by atoms with Crippen molar-refractivity contribution in [1.82, 2.24) is 10.3 Å². The second kappa shape index (κ2) is 7.00. The van der Waals surface area contributed by atoms with Gasteiger partial charge in [0.15, 0.2) is 0 Å². The molecule has 1 aromatic heterocycles. The van der Waals surface area contributed by atoms with Crippen molar-refractivity contribution in [3.63, 3.8) is 0 Å². The van der Waals surface area contributed by atoms with Crippen LogP contribution in [0.2, 0.25) is 0 Å². The van der Waals surface area contributed by atoms with Gasteiger partial charge >= 0.3 is 0 Å². The number of carbonyl (C=O) groups excluding carboxylic acids is 1. The SMILES string of the molecule is NCCc1nc(C(=O)NC2CCOC2c2ccccc2)cs1. The van der Waals surface area contributed by atoms with Crippen LogP contribution in [0.3, 0.4) is 0 Å². The smallest absolute Gasteiger partial charge is 0.271 e. The number of hydrogen-bond donors (Lipinski definition) is 2. The first-order valence-electron chi connectivity index (χ1n) is 7.40. The number of nitrogens with zero attached hydrogens (tertiary/aromatic N) is 1. The van der Waals surface area contributed by atoms with Crippen LogP contribution in [0, 0.1) is 0 Å². The Morgan fingerprint density at radius 3 is 3.00 bits per heavy atom. The van der Waals surface area contributed by atoms with Gasteiger partial charge in [0.25, 0.3) is 5.91 Å². The summed E-state index contributed by atoms with van der Waals surface area (Å²) in [6, 6.07) is 9.97. The van der Waals surface area contributed by atoms with Crippen molar-refractivity contribution in [2.24, 2.45) is 5.73 Å². The topological polar surface area (TPSA) is 77.2 Å². The standard InChI is InChI=1S/C16H19N3O2S/c17-8-6-14-18-13(10-22-14)16(20)19-12-7-9-21-15(12)11-4-2-1-3-5-11/h1-5,10,12,15H,6-9,17H2,(H,19,20). The minimum Gasteiger partial charge on any atom is -0.371 e. The number of rotatable bonds is 5. The van der Waals surface area contributed by atoms with Gasteiger partial charge < -0.3 is 15.8 Å². The van der Waals surface area contributed by atoms with E-state index < -0.39 is 0 Å². The second-order valence-electron chi connectivity index (χ2n) is 5.24. The molecule has 1 aliphatic rings. The molecule has 1 aromatic carbocycles. The van der Waals surface area contributed by atoms with Crippen LogP contribution in [0.1, 0.15) is 33.6 Å². The fourth-order valence-electron chi connectivity index (χ4n) is 2.60. The normalized spacial score (nSPS) is 21.0. The molecule has 1 amide bonds. The zero-order valence-electron chi connectivity index (χ0n) is 12.2. The van der Waals surface area contributed by atoms with E-state index >= 15 is 0 Å². The number of aromatic nitrogens is 1. The molecule has 0 bridgehead atoms. The third kappa shape index (κ3) is 3.35. The lowest BCUT2D eigenvalue weighted by Crippen LogP contribution is -2.37. The molecular weight excluding hydrogens is 298 g/mol. The Bertz CT molecular complexity index is 629. The summed E-state index contributed by atoms with van der Waals surface area (Å²) >= 11 is 1.47. The molecule has 1 fully saturated rings. The summed E-state index contributed by atoms with van der Waals surface area (Å²) in [6.45, 7) is 1.20. The summed E-state index contributed by atoms with van der Waals surface area (Å²) in [5.74, 6) is -0.143. The van der Waals surface area contributed by atoms with Gasteiger partial charge in [-0.25, -0.2) is 4.98 Å². The van der Waals surface area contributed by atoms with Crippen LogP contribution in [-0.4, -0.2) is 30.1 Å². The number of amides is 1. The molecule has 0 radical (unpaired) electrons. The molecular formula is C16H19N3O2S. The van der Waals surface area contributed by atoms with Crippen LogP contribution in [0.15, 0.2) is 35.7 Å². The first-order valence-corrected chi connectivity index (χ1v) is 8.28. The number of carbonyl (C=O) groups is 1. The Hall–Kier alpha value is -1.76. The predicted octanol–water partition coefficient (Wildman–Crippen LogP) is 1.90. The molecule has 0 spiro atoms. The summed E-state index contributed by atoms with van der Waals surface area (Å²) in [6.07, 6.45) is 1.43. The quantitative estimate of drug-likeness (QED) is 0.883. The average Bonchev–Trinajstić information content (AvgIpc) is 3.18. The maximum absolute atomic E-state index is 12.3. The third-order valence-electron chi connectivity index (χ3n) is 3.68. The summed E-state index contributed by atoms with van der Waals surface area (Å²) in [5.41, 5.74) is 7.07. The van der Waals surface area contributed by atoms with E-state index in [4.69, 9.17) is 10.5 Å². The Morgan fingerprint density at radius 2 is 2.23 bits per heavy atom. The minimum absolute atomic E-state index is 0.0189. The van der Waals surface area contributed by atoms with Gasteiger partial charge in [0.05, 0.1) is 11.0 Å². The molecule has 1 aliphatic heterocycles. The Labute approximate surface area is 133 Å². The van der Waals surface area contributed by atoms with Gasteiger partial charge in [-0.1, -0.05) is 30.3 Å². The van der Waals surface area contributed by atoms with Crippen molar-refractivity contribution in [2.45, 2.75) is 25.0 Å². The van der Waals surface area contributed by atoms with Gasteiger partial charge in [0, 0.05) is 18.4 Å². The molecule has 2 aromatic rings. The molecule has 5 nitrogen and oxygen atoms in total. The van der Waals surface area contributed by atoms with Crippen LogP contribution in [-0.2, 0) is 11.2 Å². The molecule has 22 heavy (non-hydrogen) atoms. The highest BCUT2D eigenvalue weighted by Gasteiger charge is 2.31.